The first-order valence-electron chi connectivity index (χ1n) is 10.8. The minimum Gasteiger partial charge on any atom is -0.491 e. The number of aryl methyl sites for hydroxylation is 1. The summed E-state index contributed by atoms with van der Waals surface area (Å²) >= 11 is 6.22. The zero-order chi connectivity index (χ0) is 23.5. The molecule has 0 unspecified atom stereocenters. The second-order valence-corrected chi connectivity index (χ2v) is 8.21. The standard InChI is InChI=1S/C25H24ClNO6/c1-3-32-21-10-15(9-19(26)25(21)31-2)6-7-23(30)33-14-20(28)17-11-16-5-4-8-27-22(29)13-18(12-17)24(16)27/h6-7,9-12H,3-5,8,13-14H2,1-2H3/b7-6+. The lowest BCUT2D eigenvalue weighted by atomic mass is 9.95. The molecule has 0 radical (unpaired) electrons. The fraction of sp³-hybridized carbons (Fsp3) is 0.320. The van der Waals surface area contributed by atoms with Crippen molar-refractivity contribution in [1.82, 2.24) is 0 Å². The first-order chi connectivity index (χ1) is 15.9. The second-order valence-electron chi connectivity index (χ2n) is 7.80. The lowest BCUT2D eigenvalue weighted by molar-refractivity contribution is -0.136. The highest BCUT2D eigenvalue weighted by Crippen LogP contribution is 2.38. The molecule has 172 valence electrons. The number of esters is 1. The lowest BCUT2D eigenvalue weighted by Crippen LogP contribution is -2.31. The van der Waals surface area contributed by atoms with Gasteiger partial charge in [-0.1, -0.05) is 11.6 Å². The van der Waals surface area contributed by atoms with E-state index < -0.39 is 5.97 Å². The molecule has 33 heavy (non-hydrogen) atoms. The maximum absolute atomic E-state index is 12.7. The molecule has 1 amide bonds. The van der Waals surface area contributed by atoms with E-state index in [2.05, 4.69) is 0 Å². The molecule has 0 saturated carbocycles. The molecule has 7 nitrogen and oxygen atoms in total. The average molecular weight is 470 g/mol. The van der Waals surface area contributed by atoms with Crippen molar-refractivity contribution in [1.29, 1.82) is 0 Å². The Balaban J connectivity index is 1.41. The number of carbonyl (C=O) groups is 3. The number of ether oxygens (including phenoxy) is 3. The van der Waals surface area contributed by atoms with Gasteiger partial charge in [0.1, 0.15) is 0 Å². The van der Waals surface area contributed by atoms with Crippen molar-refractivity contribution in [3.05, 3.63) is 57.6 Å². The average Bonchev–Trinajstić information content (AvgIpc) is 3.12. The Morgan fingerprint density at radius 3 is 2.73 bits per heavy atom. The Labute approximate surface area is 196 Å². The largest absolute Gasteiger partial charge is 0.491 e. The van der Waals surface area contributed by atoms with Crippen LogP contribution in [0.1, 0.15) is 40.4 Å². The minimum atomic E-state index is -0.655. The van der Waals surface area contributed by atoms with E-state index in [1.165, 1.54) is 19.3 Å². The van der Waals surface area contributed by atoms with Gasteiger partial charge in [0.25, 0.3) is 0 Å². The van der Waals surface area contributed by atoms with E-state index >= 15 is 0 Å². The molecule has 2 aromatic rings. The first kappa shape index (κ1) is 22.9. The van der Waals surface area contributed by atoms with Gasteiger partial charge in [-0.25, -0.2) is 4.79 Å². The fourth-order valence-electron chi connectivity index (χ4n) is 4.22. The molecule has 0 saturated heterocycles. The van der Waals surface area contributed by atoms with Crippen LogP contribution in [-0.4, -0.2) is 44.5 Å². The number of anilines is 1. The summed E-state index contributed by atoms with van der Waals surface area (Å²) in [6.07, 6.45) is 4.75. The van der Waals surface area contributed by atoms with Gasteiger partial charge in [0.2, 0.25) is 5.91 Å². The third-order valence-corrected chi connectivity index (χ3v) is 5.90. The molecular formula is C25H24ClNO6. The van der Waals surface area contributed by atoms with E-state index in [0.717, 1.165) is 36.2 Å². The van der Waals surface area contributed by atoms with Crippen molar-refractivity contribution < 1.29 is 28.6 Å². The van der Waals surface area contributed by atoms with Crippen LogP contribution in [0.2, 0.25) is 5.02 Å². The number of hydrogen-bond acceptors (Lipinski definition) is 6. The molecule has 2 aliphatic rings. The smallest absolute Gasteiger partial charge is 0.331 e. The normalized spacial score (nSPS) is 14.4. The molecule has 0 atom stereocenters. The summed E-state index contributed by atoms with van der Waals surface area (Å²) in [5, 5.41) is 0.351. The Morgan fingerprint density at radius 1 is 1.18 bits per heavy atom. The number of methoxy groups -OCH3 is 1. The summed E-state index contributed by atoms with van der Waals surface area (Å²) in [7, 11) is 1.50. The summed E-state index contributed by atoms with van der Waals surface area (Å²) in [4.78, 5) is 38.8. The fourth-order valence-corrected chi connectivity index (χ4v) is 4.51. The third kappa shape index (κ3) is 4.73. The number of amides is 1. The molecule has 0 spiro atoms. The highest BCUT2D eigenvalue weighted by atomic mass is 35.5. The van der Waals surface area contributed by atoms with Crippen molar-refractivity contribution in [2.45, 2.75) is 26.2 Å². The highest BCUT2D eigenvalue weighted by molar-refractivity contribution is 6.32. The summed E-state index contributed by atoms with van der Waals surface area (Å²) in [5.74, 6) is -0.0101. The zero-order valence-corrected chi connectivity index (χ0v) is 19.2. The second kappa shape index (κ2) is 9.67. The maximum atomic E-state index is 12.7. The Morgan fingerprint density at radius 2 is 1.97 bits per heavy atom. The van der Waals surface area contributed by atoms with Gasteiger partial charge in [-0.3, -0.25) is 9.59 Å². The Hall–Kier alpha value is -3.32. The SMILES string of the molecule is CCOc1cc(/C=C/C(=O)OCC(=O)c2cc3c4c(c2)CC(=O)N4CCC3)cc(Cl)c1OC. The zero-order valence-electron chi connectivity index (χ0n) is 18.5. The van der Waals surface area contributed by atoms with Crippen LogP contribution in [-0.2, 0) is 27.2 Å². The van der Waals surface area contributed by atoms with Gasteiger partial charge < -0.3 is 19.1 Å². The van der Waals surface area contributed by atoms with Crippen LogP contribution in [0.15, 0.2) is 30.3 Å². The summed E-state index contributed by atoms with van der Waals surface area (Å²) < 4.78 is 15.9. The number of hydrogen-bond donors (Lipinski definition) is 0. The van der Waals surface area contributed by atoms with E-state index in [4.69, 9.17) is 25.8 Å². The minimum absolute atomic E-state index is 0.0678. The molecule has 4 rings (SSSR count). The predicted molar refractivity (Wildman–Crippen MR) is 124 cm³/mol. The molecule has 0 aliphatic carbocycles. The molecule has 2 heterocycles. The number of rotatable bonds is 8. The molecule has 2 aromatic carbocycles. The van der Waals surface area contributed by atoms with E-state index in [9.17, 15) is 14.4 Å². The maximum Gasteiger partial charge on any atom is 0.331 e. The van der Waals surface area contributed by atoms with E-state index in [1.807, 2.05) is 13.0 Å². The van der Waals surface area contributed by atoms with Gasteiger partial charge in [0, 0.05) is 18.2 Å². The van der Waals surface area contributed by atoms with Crippen LogP contribution in [0, 0.1) is 0 Å². The van der Waals surface area contributed by atoms with Crippen molar-refractivity contribution in [3.8, 4) is 11.5 Å². The van der Waals surface area contributed by atoms with Crippen LogP contribution in [0.25, 0.3) is 6.08 Å². The predicted octanol–water partition coefficient (Wildman–Crippen LogP) is 4.02. The molecular weight excluding hydrogens is 446 g/mol. The summed E-state index contributed by atoms with van der Waals surface area (Å²) in [6, 6.07) is 6.88. The van der Waals surface area contributed by atoms with Gasteiger partial charge in [0.05, 0.1) is 30.8 Å². The number of benzene rings is 2. The number of ketones is 1. The van der Waals surface area contributed by atoms with Crippen molar-refractivity contribution in [2.75, 3.05) is 31.8 Å². The van der Waals surface area contributed by atoms with Crippen LogP contribution in [0.4, 0.5) is 5.69 Å². The lowest BCUT2D eigenvalue weighted by Gasteiger charge is -2.25. The van der Waals surface area contributed by atoms with Gasteiger partial charge >= 0.3 is 5.97 Å². The van der Waals surface area contributed by atoms with Gasteiger partial charge in [-0.05, 0) is 66.8 Å². The van der Waals surface area contributed by atoms with Crippen LogP contribution in [0.5, 0.6) is 11.5 Å². The molecule has 2 aliphatic heterocycles. The molecule has 8 heteroatoms. The van der Waals surface area contributed by atoms with E-state index in [0.29, 0.717) is 40.7 Å². The third-order valence-electron chi connectivity index (χ3n) is 5.62. The quantitative estimate of drug-likeness (QED) is 0.330. The van der Waals surface area contributed by atoms with Gasteiger partial charge in [-0.15, -0.1) is 0 Å². The molecule has 0 fully saturated rings. The summed E-state index contributed by atoms with van der Waals surface area (Å²) in [5.41, 5.74) is 3.90. The number of carbonyl (C=O) groups excluding carboxylic acids is 3. The summed E-state index contributed by atoms with van der Waals surface area (Å²) in [6.45, 7) is 2.61. The monoisotopic (exact) mass is 469 g/mol. The Kier molecular flexibility index (Phi) is 6.70. The number of halogens is 1. The van der Waals surface area contributed by atoms with Crippen molar-refractivity contribution in [2.24, 2.45) is 0 Å². The van der Waals surface area contributed by atoms with Crippen molar-refractivity contribution >= 4 is 41.0 Å². The van der Waals surface area contributed by atoms with Gasteiger partial charge in [0.15, 0.2) is 23.9 Å². The molecule has 0 aromatic heterocycles. The van der Waals surface area contributed by atoms with Crippen LogP contribution < -0.4 is 14.4 Å². The molecule has 0 bridgehead atoms. The topological polar surface area (TPSA) is 82.1 Å². The first-order valence-corrected chi connectivity index (χ1v) is 11.1. The number of nitrogens with zero attached hydrogens (tertiary/aromatic N) is 1. The van der Waals surface area contributed by atoms with E-state index in [1.54, 1.807) is 23.1 Å². The van der Waals surface area contributed by atoms with Crippen LogP contribution in [0.3, 0.4) is 0 Å². The number of Topliss-reactive ketones (excluding diaryl/α,β-unsaturated/α-hetero) is 1. The van der Waals surface area contributed by atoms with Crippen molar-refractivity contribution in [3.63, 3.8) is 0 Å². The van der Waals surface area contributed by atoms with Crippen LogP contribution >= 0.6 is 11.6 Å². The van der Waals surface area contributed by atoms with E-state index in [-0.39, 0.29) is 18.3 Å². The van der Waals surface area contributed by atoms with Gasteiger partial charge in [-0.2, -0.15) is 0 Å². The molecule has 0 N–H and O–H groups in total. The highest BCUT2D eigenvalue weighted by Gasteiger charge is 2.32. The Bertz CT molecular complexity index is 1160.